The first kappa shape index (κ1) is 49.2. The topological polar surface area (TPSA) is 366 Å². The van der Waals surface area contributed by atoms with Crippen LogP contribution in [0.1, 0.15) is 65.4 Å². The molecule has 7 amide bonds. The lowest BCUT2D eigenvalue weighted by Gasteiger charge is -2.28. The summed E-state index contributed by atoms with van der Waals surface area (Å²) >= 11 is 0. The Hall–Kier alpha value is -5.83. The van der Waals surface area contributed by atoms with Crippen molar-refractivity contribution in [3.05, 3.63) is 35.9 Å². The Morgan fingerprint density at radius 2 is 1.11 bits per heavy atom. The molecule has 0 aliphatic rings. The number of carbonyl (C=O) groups excluding carboxylic acids is 7. The summed E-state index contributed by atoms with van der Waals surface area (Å²) in [4.78, 5) is 107. The largest absolute Gasteiger partial charge is 0.480 e. The van der Waals surface area contributed by atoms with Gasteiger partial charge < -0.3 is 65.0 Å². The standard InChI is InChI=1S/C36H59N11O10/c1-19(2)13-23(45-34(55)27(18-48)42-29(50)17-37)31(52)43-22(11-8-12-41-36(39)40)30(51)46-25(15-21-9-6-5-7-10-21)33(54)44-24(14-20(3)4)32(53)47-26(35(56)57)16-28(38)49/h5-7,9-10,19-20,22-27,48H,8,11-18,37H2,1-4H3,(H2,38,49)(H,42,50)(H,43,52)(H,44,54)(H,45,55)(H,46,51)(H,47,53)(H,56,57)(H4,39,40,41)/t22-,23-,24-,25-,26-,27-/m0/s1. The Bertz CT molecular complexity index is 1550. The highest BCUT2D eigenvalue weighted by atomic mass is 16.4. The number of hydrogen-bond acceptors (Lipinski definition) is 11. The Kier molecular flexibility index (Phi) is 21.9. The van der Waals surface area contributed by atoms with Crippen LogP contribution in [0, 0.1) is 11.8 Å². The molecule has 0 saturated carbocycles. The van der Waals surface area contributed by atoms with E-state index in [1.165, 1.54) is 0 Å². The molecule has 0 fully saturated rings. The van der Waals surface area contributed by atoms with Gasteiger partial charge in [0.15, 0.2) is 5.96 Å². The van der Waals surface area contributed by atoms with Crippen molar-refractivity contribution in [3.8, 4) is 0 Å². The lowest BCUT2D eigenvalue weighted by atomic mass is 9.99. The summed E-state index contributed by atoms with van der Waals surface area (Å²) in [5, 5.41) is 34.1. The number of nitrogens with zero attached hydrogens (tertiary/aromatic N) is 1. The van der Waals surface area contributed by atoms with Gasteiger partial charge in [0.25, 0.3) is 0 Å². The van der Waals surface area contributed by atoms with E-state index in [0.29, 0.717) is 5.56 Å². The van der Waals surface area contributed by atoms with E-state index >= 15 is 0 Å². The van der Waals surface area contributed by atoms with E-state index in [4.69, 9.17) is 22.9 Å². The number of rotatable bonds is 26. The number of carbonyl (C=O) groups is 8. The minimum Gasteiger partial charge on any atom is -0.480 e. The molecule has 0 aromatic heterocycles. The number of primary amides is 1. The van der Waals surface area contributed by atoms with Crippen LogP contribution in [-0.4, -0.2) is 119 Å². The van der Waals surface area contributed by atoms with Gasteiger partial charge in [-0.1, -0.05) is 58.0 Å². The first-order chi connectivity index (χ1) is 26.8. The summed E-state index contributed by atoms with van der Waals surface area (Å²) in [5.41, 5.74) is 22.0. The van der Waals surface area contributed by atoms with Crippen molar-refractivity contribution >= 4 is 53.3 Å². The number of nitrogens with one attached hydrogen (secondary N) is 6. The highest BCUT2D eigenvalue weighted by Crippen LogP contribution is 2.11. The van der Waals surface area contributed by atoms with Crippen LogP contribution in [0.4, 0.5) is 0 Å². The highest BCUT2D eigenvalue weighted by molar-refractivity contribution is 5.97. The van der Waals surface area contributed by atoms with E-state index in [2.05, 4.69) is 36.9 Å². The van der Waals surface area contributed by atoms with Crippen molar-refractivity contribution in [2.45, 2.75) is 102 Å². The number of aliphatic hydroxyl groups is 1. The molecule has 21 nitrogen and oxygen atoms in total. The Morgan fingerprint density at radius 3 is 1.56 bits per heavy atom. The van der Waals surface area contributed by atoms with Crippen LogP contribution < -0.4 is 54.8 Å². The smallest absolute Gasteiger partial charge is 0.326 e. The SMILES string of the molecule is CC(C)C[C@H](NC(=O)[C@H](Cc1ccccc1)NC(=O)[C@H](CCCN=C(N)N)NC(=O)[C@H](CC(C)C)NC(=O)[C@H](CO)NC(=O)CN)C(=O)N[C@@H](CC(N)=O)C(=O)O. The second-order valence-corrected chi connectivity index (χ2v) is 14.2. The van der Waals surface area contributed by atoms with Crippen molar-refractivity contribution in [1.82, 2.24) is 31.9 Å². The summed E-state index contributed by atoms with van der Waals surface area (Å²) in [6, 6.07) is 0.298. The Balaban J connectivity index is 3.50. The van der Waals surface area contributed by atoms with Crippen LogP contribution >= 0.6 is 0 Å². The second kappa shape index (κ2) is 25.4. The molecule has 0 aliphatic heterocycles. The van der Waals surface area contributed by atoms with Gasteiger partial charge in [0.05, 0.1) is 19.6 Å². The third-order valence-electron chi connectivity index (χ3n) is 8.21. The normalized spacial score (nSPS) is 14.1. The molecule has 21 heteroatoms. The molecule has 318 valence electrons. The molecule has 0 aliphatic carbocycles. The van der Waals surface area contributed by atoms with Crippen LogP contribution in [-0.2, 0) is 44.8 Å². The predicted molar refractivity (Wildman–Crippen MR) is 208 cm³/mol. The van der Waals surface area contributed by atoms with Gasteiger partial charge in [-0.2, -0.15) is 0 Å². The molecule has 0 bridgehead atoms. The average molecular weight is 806 g/mol. The quantitative estimate of drug-likeness (QED) is 0.0243. The fourth-order valence-electron chi connectivity index (χ4n) is 5.45. The maximum atomic E-state index is 14.0. The first-order valence-corrected chi connectivity index (χ1v) is 18.5. The number of guanidine groups is 1. The molecule has 1 rings (SSSR count). The summed E-state index contributed by atoms with van der Waals surface area (Å²) in [5.74, 6) is -7.95. The van der Waals surface area contributed by atoms with Crippen molar-refractivity contribution in [2.75, 3.05) is 19.7 Å². The Labute approximate surface area is 331 Å². The predicted octanol–water partition coefficient (Wildman–Crippen LogP) is -3.81. The van der Waals surface area contributed by atoms with Crippen LogP contribution in [0.2, 0.25) is 0 Å². The third-order valence-corrected chi connectivity index (χ3v) is 8.21. The number of benzene rings is 1. The van der Waals surface area contributed by atoms with Crippen molar-refractivity contribution in [2.24, 2.45) is 39.8 Å². The summed E-state index contributed by atoms with van der Waals surface area (Å²) in [7, 11) is 0. The molecular formula is C36H59N11O10. The van der Waals surface area contributed by atoms with E-state index in [1.807, 2.05) is 0 Å². The highest BCUT2D eigenvalue weighted by Gasteiger charge is 2.34. The maximum absolute atomic E-state index is 14.0. The summed E-state index contributed by atoms with van der Waals surface area (Å²) in [6.07, 6.45) is -0.504. The molecule has 1 aromatic carbocycles. The van der Waals surface area contributed by atoms with E-state index in [9.17, 15) is 48.6 Å². The third kappa shape index (κ3) is 19.5. The number of aliphatic hydroxyl groups excluding tert-OH is 1. The number of carboxylic acids is 1. The van der Waals surface area contributed by atoms with Gasteiger partial charge in [-0.15, -0.1) is 0 Å². The molecule has 1 aromatic rings. The molecule has 0 spiro atoms. The molecule has 0 saturated heterocycles. The fraction of sp³-hybridized carbons (Fsp3) is 0.583. The van der Waals surface area contributed by atoms with Gasteiger partial charge in [0.1, 0.15) is 36.3 Å². The van der Waals surface area contributed by atoms with Gasteiger partial charge in [-0.05, 0) is 43.1 Å². The maximum Gasteiger partial charge on any atom is 0.326 e. The zero-order valence-electron chi connectivity index (χ0n) is 32.8. The van der Waals surface area contributed by atoms with Gasteiger partial charge in [0.2, 0.25) is 41.4 Å². The Morgan fingerprint density at radius 1 is 0.649 bits per heavy atom. The van der Waals surface area contributed by atoms with Crippen LogP contribution in [0.25, 0.3) is 0 Å². The molecule has 16 N–H and O–H groups in total. The number of aliphatic carboxylic acids is 1. The van der Waals surface area contributed by atoms with E-state index in [1.54, 1.807) is 58.0 Å². The number of hydrogen-bond donors (Lipinski definition) is 12. The monoisotopic (exact) mass is 805 g/mol. The van der Waals surface area contributed by atoms with Crippen LogP contribution in [0.3, 0.4) is 0 Å². The average Bonchev–Trinajstić information content (AvgIpc) is 3.13. The minimum atomic E-state index is -1.66. The van der Waals surface area contributed by atoms with Crippen LogP contribution in [0.15, 0.2) is 35.3 Å². The molecule has 0 unspecified atom stereocenters. The summed E-state index contributed by atoms with van der Waals surface area (Å²) in [6.45, 7) is 5.92. The molecule has 57 heavy (non-hydrogen) atoms. The van der Waals surface area contributed by atoms with Crippen LogP contribution in [0.5, 0.6) is 0 Å². The molecule has 0 radical (unpaired) electrons. The first-order valence-electron chi connectivity index (χ1n) is 18.5. The van der Waals surface area contributed by atoms with E-state index < -0.39 is 103 Å². The van der Waals surface area contributed by atoms with E-state index in [-0.39, 0.29) is 56.4 Å². The zero-order chi connectivity index (χ0) is 43.2. The van der Waals surface area contributed by atoms with Gasteiger partial charge in [-0.3, -0.25) is 38.6 Å². The summed E-state index contributed by atoms with van der Waals surface area (Å²) < 4.78 is 0. The fourth-order valence-corrected chi connectivity index (χ4v) is 5.45. The lowest BCUT2D eigenvalue weighted by molar-refractivity contribution is -0.144. The lowest BCUT2D eigenvalue weighted by Crippen LogP contribution is -2.60. The number of carboxylic acid groups (broad SMARTS) is 1. The van der Waals surface area contributed by atoms with Crippen molar-refractivity contribution in [1.29, 1.82) is 0 Å². The zero-order valence-corrected chi connectivity index (χ0v) is 32.8. The van der Waals surface area contributed by atoms with Crippen molar-refractivity contribution in [3.63, 3.8) is 0 Å². The van der Waals surface area contributed by atoms with Gasteiger partial charge in [0, 0.05) is 13.0 Å². The molecular weight excluding hydrogens is 746 g/mol. The minimum absolute atomic E-state index is 0.0446. The molecule has 0 heterocycles. The van der Waals surface area contributed by atoms with Gasteiger partial charge >= 0.3 is 5.97 Å². The van der Waals surface area contributed by atoms with Crippen molar-refractivity contribution < 1.29 is 48.6 Å². The van der Waals surface area contributed by atoms with E-state index in [0.717, 1.165) is 0 Å². The second-order valence-electron chi connectivity index (χ2n) is 14.2. The molecule has 6 atom stereocenters. The number of aliphatic imine (C=N–C) groups is 1. The van der Waals surface area contributed by atoms with Gasteiger partial charge in [-0.25, -0.2) is 4.79 Å². The number of amides is 7. The number of nitrogens with two attached hydrogens (primary N) is 4.